The third-order valence-corrected chi connectivity index (χ3v) is 7.81. The smallest absolute Gasteiger partial charge is 0.175 e. The van der Waals surface area contributed by atoms with E-state index in [4.69, 9.17) is 28.2 Å². The number of nitrogens with zero attached hydrogens (tertiary/aromatic N) is 2. The maximum Gasteiger partial charge on any atom is 0.175 e. The zero-order valence-corrected chi connectivity index (χ0v) is 22.2. The summed E-state index contributed by atoms with van der Waals surface area (Å²) in [7, 11) is -3.30. The van der Waals surface area contributed by atoms with Gasteiger partial charge < -0.3 is 9.67 Å². The number of aliphatic hydroxyl groups is 1. The summed E-state index contributed by atoms with van der Waals surface area (Å²) in [6.07, 6.45) is 3.46. The van der Waals surface area contributed by atoms with E-state index in [1.54, 1.807) is 38.1 Å². The molecule has 8 heteroatoms. The molecule has 35 heavy (non-hydrogen) atoms. The van der Waals surface area contributed by atoms with Crippen molar-refractivity contribution < 1.29 is 13.5 Å². The SMILES string of the molecule is Cc1cc(-c2cccc(S(C)(=O)=O)c2)ccc1-n1cc(C(C)(C)O)nc1Cc1cccc(Cl)c1Cl. The summed E-state index contributed by atoms with van der Waals surface area (Å²) in [5.41, 5.74) is 3.82. The van der Waals surface area contributed by atoms with Crippen LogP contribution in [-0.2, 0) is 21.9 Å². The summed E-state index contributed by atoms with van der Waals surface area (Å²) in [5.74, 6) is 0.709. The molecule has 4 aromatic rings. The molecule has 0 amide bonds. The molecule has 0 aliphatic rings. The molecule has 5 nitrogen and oxygen atoms in total. The van der Waals surface area contributed by atoms with Gasteiger partial charge in [-0.15, -0.1) is 0 Å². The molecule has 0 aliphatic carbocycles. The number of sulfone groups is 1. The molecule has 0 aliphatic heterocycles. The largest absolute Gasteiger partial charge is 0.384 e. The lowest BCUT2D eigenvalue weighted by atomic mass is 10.0. The normalized spacial score (nSPS) is 12.2. The number of aryl methyl sites for hydroxylation is 1. The number of hydrogen-bond donors (Lipinski definition) is 1. The molecule has 1 heterocycles. The van der Waals surface area contributed by atoms with Gasteiger partial charge in [-0.1, -0.05) is 53.5 Å². The highest BCUT2D eigenvalue weighted by atomic mass is 35.5. The van der Waals surface area contributed by atoms with Gasteiger partial charge in [-0.25, -0.2) is 13.4 Å². The summed E-state index contributed by atoms with van der Waals surface area (Å²) in [6, 6.07) is 18.3. The van der Waals surface area contributed by atoms with E-state index in [2.05, 4.69) is 0 Å². The van der Waals surface area contributed by atoms with E-state index in [0.29, 0.717) is 28.0 Å². The highest BCUT2D eigenvalue weighted by Crippen LogP contribution is 2.31. The van der Waals surface area contributed by atoms with Gasteiger partial charge in [0.25, 0.3) is 0 Å². The zero-order chi connectivity index (χ0) is 25.5. The van der Waals surface area contributed by atoms with Crippen molar-refractivity contribution in [3.8, 4) is 16.8 Å². The van der Waals surface area contributed by atoms with E-state index >= 15 is 0 Å². The maximum atomic E-state index is 12.0. The van der Waals surface area contributed by atoms with Crippen molar-refractivity contribution in [3.05, 3.63) is 99.6 Å². The number of imidazole rings is 1. The minimum Gasteiger partial charge on any atom is -0.384 e. The first-order valence-corrected chi connectivity index (χ1v) is 13.6. The van der Waals surface area contributed by atoms with E-state index in [0.717, 1.165) is 27.9 Å². The zero-order valence-electron chi connectivity index (χ0n) is 19.9. The predicted octanol–water partition coefficient (Wildman–Crippen LogP) is 6.38. The Hall–Kier alpha value is -2.64. The number of hydrogen-bond acceptors (Lipinski definition) is 4. The quantitative estimate of drug-likeness (QED) is 0.315. The molecule has 0 saturated heterocycles. The number of halogens is 2. The first-order valence-electron chi connectivity index (χ1n) is 11.0. The maximum absolute atomic E-state index is 12.0. The standard InChI is InChI=1S/C27H26Cl2N2O3S/c1-17-13-19(18-7-5-9-21(14-18)35(4,33)34)11-12-23(17)31-16-24(27(2,3)32)30-25(31)15-20-8-6-10-22(28)26(20)29/h5-14,16,32H,15H2,1-4H3. The fourth-order valence-electron chi connectivity index (χ4n) is 3.91. The number of rotatable bonds is 6. The van der Waals surface area contributed by atoms with Gasteiger partial charge in [0.15, 0.2) is 9.84 Å². The van der Waals surface area contributed by atoms with Crippen LogP contribution in [0.4, 0.5) is 0 Å². The average Bonchev–Trinajstić information content (AvgIpc) is 3.20. The molecular weight excluding hydrogens is 503 g/mol. The molecule has 0 saturated carbocycles. The Balaban J connectivity index is 1.80. The second-order valence-electron chi connectivity index (χ2n) is 9.16. The first-order chi connectivity index (χ1) is 16.3. The van der Waals surface area contributed by atoms with Crippen LogP contribution in [0.15, 0.2) is 71.8 Å². The molecule has 1 N–H and O–H groups in total. The molecule has 0 atom stereocenters. The summed E-state index contributed by atoms with van der Waals surface area (Å²) in [4.78, 5) is 5.01. The van der Waals surface area contributed by atoms with Gasteiger partial charge in [-0.05, 0) is 73.4 Å². The summed E-state index contributed by atoms with van der Waals surface area (Å²) < 4.78 is 25.9. The summed E-state index contributed by atoms with van der Waals surface area (Å²) in [5, 5.41) is 11.6. The van der Waals surface area contributed by atoms with E-state index in [-0.39, 0.29) is 4.90 Å². The predicted molar refractivity (Wildman–Crippen MR) is 141 cm³/mol. The van der Waals surface area contributed by atoms with E-state index in [1.807, 2.05) is 54.1 Å². The molecule has 0 spiro atoms. The Morgan fingerprint density at radius 1 is 1.00 bits per heavy atom. The molecule has 4 rings (SSSR count). The fourth-order valence-corrected chi connectivity index (χ4v) is 4.97. The van der Waals surface area contributed by atoms with E-state index in [9.17, 15) is 13.5 Å². The number of aromatic nitrogens is 2. The fraction of sp³-hybridized carbons (Fsp3) is 0.222. The van der Waals surface area contributed by atoms with E-state index in [1.165, 1.54) is 6.26 Å². The second-order valence-corrected chi connectivity index (χ2v) is 12.0. The van der Waals surface area contributed by atoms with Crippen LogP contribution in [0.3, 0.4) is 0 Å². The van der Waals surface area contributed by atoms with Gasteiger partial charge >= 0.3 is 0 Å². The molecule has 0 bridgehead atoms. The third kappa shape index (κ3) is 5.46. The lowest BCUT2D eigenvalue weighted by Crippen LogP contribution is -2.16. The Morgan fingerprint density at radius 2 is 1.69 bits per heavy atom. The summed E-state index contributed by atoms with van der Waals surface area (Å²) in [6.45, 7) is 5.38. The number of benzene rings is 3. The van der Waals surface area contributed by atoms with Gasteiger partial charge in [0.2, 0.25) is 0 Å². The monoisotopic (exact) mass is 528 g/mol. The van der Waals surface area contributed by atoms with Crippen LogP contribution >= 0.6 is 23.2 Å². The van der Waals surface area contributed by atoms with Gasteiger partial charge in [-0.3, -0.25) is 0 Å². The third-order valence-electron chi connectivity index (χ3n) is 5.84. The van der Waals surface area contributed by atoms with Crippen molar-refractivity contribution in [3.63, 3.8) is 0 Å². The van der Waals surface area contributed by atoms with Crippen LogP contribution in [0, 0.1) is 6.92 Å². The Morgan fingerprint density at radius 3 is 2.34 bits per heavy atom. The van der Waals surface area contributed by atoms with Crippen LogP contribution in [0.25, 0.3) is 16.8 Å². The average molecular weight is 529 g/mol. The molecule has 0 fully saturated rings. The lowest BCUT2D eigenvalue weighted by molar-refractivity contribution is 0.0741. The van der Waals surface area contributed by atoms with Crippen molar-refractivity contribution in [2.24, 2.45) is 0 Å². The van der Waals surface area contributed by atoms with Crippen LogP contribution in [0.2, 0.25) is 10.0 Å². The van der Waals surface area contributed by atoms with Gasteiger partial charge in [-0.2, -0.15) is 0 Å². The minimum atomic E-state index is -3.30. The van der Waals surface area contributed by atoms with Gasteiger partial charge in [0.1, 0.15) is 11.4 Å². The molecule has 182 valence electrons. The van der Waals surface area contributed by atoms with Crippen molar-refractivity contribution in [1.29, 1.82) is 0 Å². The molecule has 3 aromatic carbocycles. The van der Waals surface area contributed by atoms with Crippen LogP contribution in [-0.4, -0.2) is 29.3 Å². The molecular formula is C27H26Cl2N2O3S. The van der Waals surface area contributed by atoms with Crippen LogP contribution in [0.1, 0.15) is 36.5 Å². The molecule has 1 aromatic heterocycles. The van der Waals surface area contributed by atoms with Gasteiger partial charge in [0.05, 0.1) is 20.6 Å². The molecule has 0 unspecified atom stereocenters. The minimum absolute atomic E-state index is 0.279. The van der Waals surface area contributed by atoms with Crippen molar-refractivity contribution in [2.75, 3.05) is 6.26 Å². The highest BCUT2D eigenvalue weighted by molar-refractivity contribution is 7.90. The van der Waals surface area contributed by atoms with Crippen molar-refractivity contribution >= 4 is 33.0 Å². The Bertz CT molecular complexity index is 1520. The topological polar surface area (TPSA) is 72.2 Å². The highest BCUT2D eigenvalue weighted by Gasteiger charge is 2.23. The van der Waals surface area contributed by atoms with Crippen LogP contribution < -0.4 is 0 Å². The second kappa shape index (κ2) is 9.43. The first kappa shape index (κ1) is 25.5. The van der Waals surface area contributed by atoms with Gasteiger partial charge in [0, 0.05) is 24.6 Å². The summed E-state index contributed by atoms with van der Waals surface area (Å²) >= 11 is 12.7. The lowest BCUT2D eigenvalue weighted by Gasteiger charge is -2.14. The Kier molecular flexibility index (Phi) is 6.86. The van der Waals surface area contributed by atoms with Crippen molar-refractivity contribution in [2.45, 2.75) is 37.7 Å². The van der Waals surface area contributed by atoms with E-state index < -0.39 is 15.4 Å². The van der Waals surface area contributed by atoms with Crippen LogP contribution in [0.5, 0.6) is 0 Å². The van der Waals surface area contributed by atoms with Crippen molar-refractivity contribution in [1.82, 2.24) is 9.55 Å². The molecule has 0 radical (unpaired) electrons. The Labute approximate surface area is 215 Å².